The second-order valence-corrected chi connectivity index (χ2v) is 2.42. The Hall–Kier alpha value is -1.58. The zero-order chi connectivity index (χ0) is 9.30. The van der Waals surface area contributed by atoms with Crippen LogP contribution in [-0.2, 0) is 0 Å². The van der Waals surface area contributed by atoms with E-state index in [-0.39, 0.29) is 11.3 Å². The molecular formula is C8H8FNO2. The number of carbonyl (C=O) groups excluding carboxylic acids is 1. The maximum Gasteiger partial charge on any atom is 0.165 e. The highest BCUT2D eigenvalue weighted by atomic mass is 19.1. The van der Waals surface area contributed by atoms with Gasteiger partial charge in [0.15, 0.2) is 17.3 Å². The molecule has 1 aromatic carbocycles. The van der Waals surface area contributed by atoms with Gasteiger partial charge in [0, 0.05) is 5.69 Å². The molecule has 0 aliphatic heterocycles. The van der Waals surface area contributed by atoms with Crippen LogP contribution >= 0.6 is 0 Å². The minimum atomic E-state index is -0.839. The summed E-state index contributed by atoms with van der Waals surface area (Å²) in [4.78, 5) is 10.8. The molecule has 0 radical (unpaired) electrons. The van der Waals surface area contributed by atoms with E-state index in [1.165, 1.54) is 13.0 Å². The Labute approximate surface area is 68.6 Å². The molecule has 0 amide bonds. The second kappa shape index (κ2) is 2.81. The minimum Gasteiger partial charge on any atom is -0.504 e. The number of phenolic OH excluding ortho intramolecular Hbond substituents is 1. The fourth-order valence-corrected chi connectivity index (χ4v) is 0.951. The molecule has 0 fully saturated rings. The third-order valence-electron chi connectivity index (χ3n) is 1.51. The van der Waals surface area contributed by atoms with E-state index in [0.29, 0.717) is 0 Å². The van der Waals surface area contributed by atoms with Gasteiger partial charge in [-0.15, -0.1) is 0 Å². The smallest absolute Gasteiger partial charge is 0.165 e. The molecule has 1 aromatic rings. The molecule has 0 bridgehead atoms. The SMILES string of the molecule is CC(=O)c1c(N)ccc(F)c1O. The van der Waals surface area contributed by atoms with Gasteiger partial charge in [-0.1, -0.05) is 0 Å². The van der Waals surface area contributed by atoms with Crippen molar-refractivity contribution in [2.45, 2.75) is 6.92 Å². The summed E-state index contributed by atoms with van der Waals surface area (Å²) in [7, 11) is 0. The molecule has 3 nitrogen and oxygen atoms in total. The van der Waals surface area contributed by atoms with Crippen LogP contribution in [0.3, 0.4) is 0 Å². The lowest BCUT2D eigenvalue weighted by Crippen LogP contribution is -2.01. The van der Waals surface area contributed by atoms with E-state index in [1.807, 2.05) is 0 Å². The van der Waals surface area contributed by atoms with Crippen LogP contribution in [0.1, 0.15) is 17.3 Å². The van der Waals surface area contributed by atoms with Gasteiger partial charge >= 0.3 is 0 Å². The Morgan fingerprint density at radius 3 is 2.58 bits per heavy atom. The molecule has 12 heavy (non-hydrogen) atoms. The summed E-state index contributed by atoms with van der Waals surface area (Å²) in [6, 6.07) is 2.25. The number of rotatable bonds is 1. The number of nitrogen functional groups attached to an aromatic ring is 1. The number of Topliss-reactive ketones (excluding diaryl/α,β-unsaturated/α-hetero) is 1. The normalized spacial score (nSPS) is 9.83. The maximum absolute atomic E-state index is 12.7. The van der Waals surface area contributed by atoms with E-state index in [9.17, 15) is 9.18 Å². The zero-order valence-corrected chi connectivity index (χ0v) is 6.47. The first-order chi connectivity index (χ1) is 5.54. The van der Waals surface area contributed by atoms with E-state index in [4.69, 9.17) is 10.8 Å². The van der Waals surface area contributed by atoms with Crippen LogP contribution in [0.5, 0.6) is 5.75 Å². The Morgan fingerprint density at radius 1 is 1.58 bits per heavy atom. The van der Waals surface area contributed by atoms with Gasteiger partial charge in [-0.25, -0.2) is 4.39 Å². The Morgan fingerprint density at radius 2 is 2.17 bits per heavy atom. The van der Waals surface area contributed by atoms with Gasteiger partial charge in [-0.3, -0.25) is 4.79 Å². The standard InChI is InChI=1S/C8H8FNO2/c1-4(11)7-6(10)3-2-5(9)8(7)12/h2-3,12H,10H2,1H3. The summed E-state index contributed by atoms with van der Waals surface area (Å²) in [6.45, 7) is 1.21. The largest absolute Gasteiger partial charge is 0.504 e. The van der Waals surface area contributed by atoms with Gasteiger partial charge in [0.25, 0.3) is 0 Å². The van der Waals surface area contributed by atoms with Crippen molar-refractivity contribution < 1.29 is 14.3 Å². The molecule has 4 heteroatoms. The van der Waals surface area contributed by atoms with Crippen molar-refractivity contribution in [3.8, 4) is 5.75 Å². The van der Waals surface area contributed by atoms with Crippen molar-refractivity contribution in [2.75, 3.05) is 5.73 Å². The lowest BCUT2D eigenvalue weighted by Gasteiger charge is -2.04. The predicted octanol–water partition coefficient (Wildman–Crippen LogP) is 1.32. The van der Waals surface area contributed by atoms with E-state index < -0.39 is 17.3 Å². The number of benzene rings is 1. The van der Waals surface area contributed by atoms with Gasteiger partial charge in [0.05, 0.1) is 5.56 Å². The van der Waals surface area contributed by atoms with Crippen molar-refractivity contribution in [1.29, 1.82) is 0 Å². The van der Waals surface area contributed by atoms with Crippen LogP contribution in [0.4, 0.5) is 10.1 Å². The molecule has 64 valence electrons. The van der Waals surface area contributed by atoms with Crippen LogP contribution < -0.4 is 5.73 Å². The fraction of sp³-hybridized carbons (Fsp3) is 0.125. The molecule has 0 saturated carbocycles. The number of carbonyl (C=O) groups is 1. The minimum absolute atomic E-state index is 0.0846. The van der Waals surface area contributed by atoms with Gasteiger partial charge in [-0.2, -0.15) is 0 Å². The number of ketones is 1. The molecule has 0 aliphatic rings. The molecule has 0 heterocycles. The topological polar surface area (TPSA) is 63.3 Å². The summed E-state index contributed by atoms with van der Waals surface area (Å²) >= 11 is 0. The van der Waals surface area contributed by atoms with Crippen LogP contribution in [0.25, 0.3) is 0 Å². The molecule has 0 unspecified atom stereocenters. The third kappa shape index (κ3) is 1.23. The van der Waals surface area contributed by atoms with Crippen molar-refractivity contribution >= 4 is 11.5 Å². The number of hydrogen-bond donors (Lipinski definition) is 2. The third-order valence-corrected chi connectivity index (χ3v) is 1.51. The highest BCUT2D eigenvalue weighted by Gasteiger charge is 2.14. The van der Waals surface area contributed by atoms with E-state index in [2.05, 4.69) is 0 Å². The Balaban J connectivity index is 3.43. The first-order valence-electron chi connectivity index (χ1n) is 3.32. The highest BCUT2D eigenvalue weighted by Crippen LogP contribution is 2.26. The molecule has 0 aliphatic carbocycles. The molecule has 3 N–H and O–H groups in total. The number of anilines is 1. The Bertz CT molecular complexity index is 336. The monoisotopic (exact) mass is 169 g/mol. The van der Waals surface area contributed by atoms with Crippen molar-refractivity contribution in [3.05, 3.63) is 23.5 Å². The molecule has 1 rings (SSSR count). The summed E-state index contributed by atoms with van der Waals surface area (Å²) in [5, 5.41) is 9.07. The quantitative estimate of drug-likeness (QED) is 0.492. The summed E-state index contributed by atoms with van der Waals surface area (Å²) in [5.41, 5.74) is 5.27. The van der Waals surface area contributed by atoms with Gasteiger partial charge in [-0.05, 0) is 19.1 Å². The van der Waals surface area contributed by atoms with Gasteiger partial charge < -0.3 is 10.8 Å². The average Bonchev–Trinajstić information content (AvgIpc) is 1.97. The van der Waals surface area contributed by atoms with Crippen LogP contribution in [0, 0.1) is 5.82 Å². The second-order valence-electron chi connectivity index (χ2n) is 2.42. The van der Waals surface area contributed by atoms with Crippen molar-refractivity contribution in [1.82, 2.24) is 0 Å². The molecule has 0 spiro atoms. The number of phenols is 1. The van der Waals surface area contributed by atoms with Gasteiger partial charge in [0.1, 0.15) is 0 Å². The Kier molecular flexibility index (Phi) is 1.99. The number of hydrogen-bond acceptors (Lipinski definition) is 3. The zero-order valence-electron chi connectivity index (χ0n) is 6.47. The maximum atomic E-state index is 12.7. The fourth-order valence-electron chi connectivity index (χ4n) is 0.951. The molecule has 0 atom stereocenters. The number of aromatic hydroxyl groups is 1. The summed E-state index contributed by atoms with van der Waals surface area (Å²) in [6.07, 6.45) is 0. The van der Waals surface area contributed by atoms with Crippen molar-refractivity contribution in [2.24, 2.45) is 0 Å². The lowest BCUT2D eigenvalue weighted by atomic mass is 10.1. The lowest BCUT2D eigenvalue weighted by molar-refractivity contribution is 0.101. The van der Waals surface area contributed by atoms with Crippen molar-refractivity contribution in [3.63, 3.8) is 0 Å². The number of nitrogens with two attached hydrogens (primary N) is 1. The summed E-state index contributed by atoms with van der Waals surface area (Å²) < 4.78 is 12.7. The van der Waals surface area contributed by atoms with Crippen LogP contribution in [0.2, 0.25) is 0 Å². The summed E-state index contributed by atoms with van der Waals surface area (Å²) in [5.74, 6) is -1.97. The first-order valence-corrected chi connectivity index (χ1v) is 3.32. The van der Waals surface area contributed by atoms with Crippen LogP contribution in [-0.4, -0.2) is 10.9 Å². The first kappa shape index (κ1) is 8.52. The van der Waals surface area contributed by atoms with E-state index >= 15 is 0 Å². The average molecular weight is 169 g/mol. The van der Waals surface area contributed by atoms with Crippen LogP contribution in [0.15, 0.2) is 12.1 Å². The molecular weight excluding hydrogens is 161 g/mol. The number of halogens is 1. The van der Waals surface area contributed by atoms with E-state index in [0.717, 1.165) is 6.07 Å². The molecule has 0 aromatic heterocycles. The van der Waals surface area contributed by atoms with Gasteiger partial charge in [0.2, 0.25) is 0 Å². The molecule has 0 saturated heterocycles. The predicted molar refractivity (Wildman–Crippen MR) is 42.5 cm³/mol. The highest BCUT2D eigenvalue weighted by molar-refractivity contribution is 6.01. The van der Waals surface area contributed by atoms with E-state index in [1.54, 1.807) is 0 Å².